The van der Waals surface area contributed by atoms with Crippen LogP contribution in [0.3, 0.4) is 0 Å². The second kappa shape index (κ2) is 7.55. The zero-order chi connectivity index (χ0) is 18.8. The lowest BCUT2D eigenvalue weighted by molar-refractivity contribution is -0.157. The molecule has 1 unspecified atom stereocenters. The maximum atomic E-state index is 10.2. The normalized spacial score (nSPS) is 25.5. The van der Waals surface area contributed by atoms with Gasteiger partial charge < -0.3 is 29.5 Å². The molecule has 2 aromatic rings. The van der Waals surface area contributed by atoms with Crippen LogP contribution in [0.1, 0.15) is 11.7 Å². The van der Waals surface area contributed by atoms with Gasteiger partial charge in [-0.1, -0.05) is 24.2 Å². The van der Waals surface area contributed by atoms with Crippen LogP contribution in [0.5, 0.6) is 17.2 Å². The molecule has 0 aliphatic carbocycles. The highest BCUT2D eigenvalue weighted by Crippen LogP contribution is 2.38. The van der Waals surface area contributed by atoms with Crippen LogP contribution in [0, 0.1) is 0 Å². The zero-order valence-corrected chi connectivity index (χ0v) is 14.8. The van der Waals surface area contributed by atoms with E-state index in [4.69, 9.17) is 25.8 Å². The molecule has 0 aromatic heterocycles. The van der Waals surface area contributed by atoms with Gasteiger partial charge in [-0.05, 0) is 42.0 Å². The first-order valence-corrected chi connectivity index (χ1v) is 8.29. The molecule has 0 spiro atoms. The fourth-order valence-electron chi connectivity index (χ4n) is 2.67. The average Bonchev–Trinajstić information content (AvgIpc) is 2.65. The lowest BCUT2D eigenvalue weighted by atomic mass is 9.93. The molecule has 1 heterocycles. The molecular weight excluding hydrogens is 360 g/mol. The number of aliphatic hydroxyl groups is 3. The summed E-state index contributed by atoms with van der Waals surface area (Å²) in [5.74, 6) is 1.59. The SMILES string of the molecule is C=C1O[C@@H](c2ccc(Cl)c(Oc3ccc(OC)cc3)c2)[C@H](O)C(O)[C@@H]1O. The smallest absolute Gasteiger partial charge is 0.152 e. The third-order valence-electron chi connectivity index (χ3n) is 4.16. The van der Waals surface area contributed by atoms with Crippen LogP contribution in [0.4, 0.5) is 0 Å². The van der Waals surface area contributed by atoms with Crippen molar-refractivity contribution in [2.24, 2.45) is 0 Å². The Hall–Kier alpha value is -2.25. The first-order chi connectivity index (χ1) is 12.4. The highest BCUT2D eigenvalue weighted by Gasteiger charge is 2.41. The van der Waals surface area contributed by atoms with Crippen molar-refractivity contribution in [1.82, 2.24) is 0 Å². The molecule has 0 radical (unpaired) electrons. The number of halogens is 1. The van der Waals surface area contributed by atoms with Crippen molar-refractivity contribution >= 4 is 11.6 Å². The third-order valence-corrected chi connectivity index (χ3v) is 4.48. The lowest BCUT2D eigenvalue weighted by Gasteiger charge is -2.37. The number of hydrogen-bond acceptors (Lipinski definition) is 6. The molecule has 1 aliphatic heterocycles. The summed E-state index contributed by atoms with van der Waals surface area (Å²) in [5, 5.41) is 30.3. The van der Waals surface area contributed by atoms with E-state index in [2.05, 4.69) is 6.58 Å². The Kier molecular flexibility index (Phi) is 5.38. The fourth-order valence-corrected chi connectivity index (χ4v) is 2.83. The van der Waals surface area contributed by atoms with E-state index >= 15 is 0 Å². The molecule has 3 N–H and O–H groups in total. The molecule has 4 atom stereocenters. The van der Waals surface area contributed by atoms with Gasteiger partial charge in [0.25, 0.3) is 0 Å². The summed E-state index contributed by atoms with van der Waals surface area (Å²) in [7, 11) is 1.57. The first kappa shape index (κ1) is 18.5. The van der Waals surface area contributed by atoms with Crippen LogP contribution in [0.25, 0.3) is 0 Å². The minimum absolute atomic E-state index is 0.0135. The molecule has 3 rings (SSSR count). The predicted octanol–water partition coefficient (Wildman–Crippen LogP) is 2.81. The van der Waals surface area contributed by atoms with Gasteiger partial charge in [-0.2, -0.15) is 0 Å². The second-order valence-electron chi connectivity index (χ2n) is 5.90. The highest BCUT2D eigenvalue weighted by atomic mass is 35.5. The van der Waals surface area contributed by atoms with E-state index in [-0.39, 0.29) is 5.76 Å². The summed E-state index contributed by atoms with van der Waals surface area (Å²) >= 11 is 6.20. The minimum atomic E-state index is -1.40. The van der Waals surface area contributed by atoms with E-state index in [1.165, 1.54) is 0 Å². The van der Waals surface area contributed by atoms with Crippen LogP contribution in [0.2, 0.25) is 5.02 Å². The van der Waals surface area contributed by atoms with Crippen molar-refractivity contribution < 1.29 is 29.5 Å². The Morgan fingerprint density at radius 2 is 1.65 bits per heavy atom. The second-order valence-corrected chi connectivity index (χ2v) is 6.31. The average molecular weight is 379 g/mol. The first-order valence-electron chi connectivity index (χ1n) is 7.91. The molecular formula is C19H19ClO6. The van der Waals surface area contributed by atoms with Gasteiger partial charge in [0, 0.05) is 0 Å². The molecule has 0 saturated carbocycles. The summed E-state index contributed by atoms with van der Waals surface area (Å²) in [6.07, 6.45) is -4.98. The number of aliphatic hydroxyl groups excluding tert-OH is 3. The molecule has 138 valence electrons. The van der Waals surface area contributed by atoms with Gasteiger partial charge in [-0.25, -0.2) is 0 Å². The minimum Gasteiger partial charge on any atom is -0.497 e. The quantitative estimate of drug-likeness (QED) is 0.758. The Morgan fingerprint density at radius 3 is 2.31 bits per heavy atom. The van der Waals surface area contributed by atoms with Crippen molar-refractivity contribution in [2.75, 3.05) is 7.11 Å². The molecule has 2 aromatic carbocycles. The highest BCUT2D eigenvalue weighted by molar-refractivity contribution is 6.32. The molecule has 0 bridgehead atoms. The number of rotatable bonds is 4. The molecule has 7 heteroatoms. The summed E-state index contributed by atoms with van der Waals surface area (Å²) < 4.78 is 16.4. The van der Waals surface area contributed by atoms with Gasteiger partial charge in [0.05, 0.1) is 12.1 Å². The van der Waals surface area contributed by atoms with Crippen LogP contribution < -0.4 is 9.47 Å². The molecule has 6 nitrogen and oxygen atoms in total. The van der Waals surface area contributed by atoms with Crippen molar-refractivity contribution in [3.63, 3.8) is 0 Å². The fraction of sp³-hybridized carbons (Fsp3) is 0.263. The Balaban J connectivity index is 1.86. The van der Waals surface area contributed by atoms with Gasteiger partial charge in [0.1, 0.15) is 41.3 Å². The van der Waals surface area contributed by atoms with Crippen molar-refractivity contribution in [1.29, 1.82) is 0 Å². The van der Waals surface area contributed by atoms with Gasteiger partial charge in [-0.15, -0.1) is 0 Å². The van der Waals surface area contributed by atoms with Crippen molar-refractivity contribution in [3.05, 3.63) is 65.4 Å². The van der Waals surface area contributed by atoms with Gasteiger partial charge in [-0.3, -0.25) is 0 Å². The summed E-state index contributed by atoms with van der Waals surface area (Å²) in [6.45, 7) is 3.57. The standard InChI is InChI=1S/C19H19ClO6/c1-10-16(21)17(22)18(23)19(25-10)11-3-8-14(20)15(9-11)26-13-6-4-12(24-2)5-7-13/h3-9,16-19,21-23H,1H2,2H3/t16-,17?,18-,19+/m1/s1. The molecule has 1 saturated heterocycles. The predicted molar refractivity (Wildman–Crippen MR) is 95.5 cm³/mol. The van der Waals surface area contributed by atoms with Gasteiger partial charge in [0.15, 0.2) is 6.10 Å². The number of hydrogen-bond donors (Lipinski definition) is 3. The van der Waals surface area contributed by atoms with Crippen molar-refractivity contribution in [3.8, 4) is 17.2 Å². The van der Waals surface area contributed by atoms with E-state index in [1.807, 2.05) is 0 Å². The van der Waals surface area contributed by atoms with Crippen LogP contribution >= 0.6 is 11.6 Å². The summed E-state index contributed by atoms with van der Waals surface area (Å²) in [5.41, 5.74) is 0.525. The number of benzene rings is 2. The topological polar surface area (TPSA) is 88.4 Å². The zero-order valence-electron chi connectivity index (χ0n) is 14.0. The van der Waals surface area contributed by atoms with E-state index in [1.54, 1.807) is 49.6 Å². The molecule has 26 heavy (non-hydrogen) atoms. The van der Waals surface area contributed by atoms with E-state index in [9.17, 15) is 15.3 Å². The lowest BCUT2D eigenvalue weighted by Crippen LogP contribution is -2.47. The maximum absolute atomic E-state index is 10.2. The number of ether oxygens (including phenoxy) is 3. The van der Waals surface area contributed by atoms with Gasteiger partial charge in [0.2, 0.25) is 0 Å². The summed E-state index contributed by atoms with van der Waals surface area (Å²) in [6, 6.07) is 11.8. The van der Waals surface area contributed by atoms with Crippen LogP contribution in [-0.2, 0) is 4.74 Å². The summed E-state index contributed by atoms with van der Waals surface area (Å²) in [4.78, 5) is 0. The molecule has 0 amide bonds. The largest absolute Gasteiger partial charge is 0.497 e. The van der Waals surface area contributed by atoms with E-state index in [0.29, 0.717) is 27.8 Å². The Bertz CT molecular complexity index is 791. The number of methoxy groups -OCH3 is 1. The third kappa shape index (κ3) is 3.64. The van der Waals surface area contributed by atoms with Crippen LogP contribution in [0.15, 0.2) is 54.8 Å². The molecule has 1 aliphatic rings. The monoisotopic (exact) mass is 378 g/mol. The van der Waals surface area contributed by atoms with Crippen molar-refractivity contribution in [2.45, 2.75) is 24.4 Å². The molecule has 1 fully saturated rings. The van der Waals surface area contributed by atoms with E-state index < -0.39 is 24.4 Å². The van der Waals surface area contributed by atoms with E-state index in [0.717, 1.165) is 0 Å². The maximum Gasteiger partial charge on any atom is 0.152 e. The Morgan fingerprint density at radius 1 is 1.00 bits per heavy atom. The van der Waals surface area contributed by atoms with Crippen LogP contribution in [-0.4, -0.2) is 40.7 Å². The Labute approximate surface area is 155 Å². The van der Waals surface area contributed by atoms with Gasteiger partial charge >= 0.3 is 0 Å².